The summed E-state index contributed by atoms with van der Waals surface area (Å²) in [7, 11) is 0. The van der Waals surface area contributed by atoms with Gasteiger partial charge in [0.15, 0.2) is 11.6 Å². The fourth-order valence-corrected chi connectivity index (χ4v) is 2.46. The molecular formula is C16H12ClFN2O2. The Kier molecular flexibility index (Phi) is 3.81. The lowest BCUT2D eigenvalue weighted by atomic mass is 10.1. The second kappa shape index (κ2) is 5.77. The van der Waals surface area contributed by atoms with Crippen LogP contribution in [0.3, 0.4) is 0 Å². The smallest absolute Gasteiger partial charge is 0.259 e. The number of aromatic nitrogens is 2. The number of halogens is 2. The number of aromatic amines is 1. The van der Waals surface area contributed by atoms with Gasteiger partial charge in [-0.15, -0.1) is 0 Å². The van der Waals surface area contributed by atoms with Crippen LogP contribution in [0.2, 0.25) is 5.02 Å². The van der Waals surface area contributed by atoms with Crippen LogP contribution in [-0.2, 0) is 0 Å². The minimum atomic E-state index is -0.597. The van der Waals surface area contributed by atoms with Crippen molar-refractivity contribution in [2.24, 2.45) is 0 Å². The highest BCUT2D eigenvalue weighted by atomic mass is 35.5. The molecule has 0 aliphatic heterocycles. The molecule has 0 unspecified atom stereocenters. The van der Waals surface area contributed by atoms with Gasteiger partial charge in [-0.1, -0.05) is 23.7 Å². The maximum absolute atomic E-state index is 14.1. The van der Waals surface area contributed by atoms with Crippen molar-refractivity contribution in [3.63, 3.8) is 0 Å². The van der Waals surface area contributed by atoms with Gasteiger partial charge < -0.3 is 9.72 Å². The third-order valence-corrected chi connectivity index (χ3v) is 3.45. The van der Waals surface area contributed by atoms with Crippen molar-refractivity contribution in [1.82, 2.24) is 9.97 Å². The summed E-state index contributed by atoms with van der Waals surface area (Å²) >= 11 is 6.04. The van der Waals surface area contributed by atoms with E-state index < -0.39 is 5.82 Å². The summed E-state index contributed by atoms with van der Waals surface area (Å²) in [6, 6.07) is 9.69. The van der Waals surface area contributed by atoms with Gasteiger partial charge in [0.1, 0.15) is 5.82 Å². The number of nitrogens with zero attached hydrogens (tertiary/aromatic N) is 1. The largest absolute Gasteiger partial charge is 0.489 e. The molecule has 3 aromatic rings. The number of benzene rings is 2. The monoisotopic (exact) mass is 318 g/mol. The Hall–Kier alpha value is -2.40. The van der Waals surface area contributed by atoms with Gasteiger partial charge >= 0.3 is 0 Å². The number of nitrogens with one attached hydrogen (secondary N) is 1. The van der Waals surface area contributed by atoms with Crippen LogP contribution < -0.4 is 10.3 Å². The molecule has 0 amide bonds. The normalized spacial score (nSPS) is 10.9. The van der Waals surface area contributed by atoms with E-state index in [1.54, 1.807) is 31.2 Å². The van der Waals surface area contributed by atoms with E-state index in [1.807, 2.05) is 0 Å². The predicted octanol–water partition coefficient (Wildman–Crippen LogP) is 3.78. The molecule has 0 spiro atoms. The summed E-state index contributed by atoms with van der Waals surface area (Å²) in [6.45, 7) is 2.05. The second-order valence-electron chi connectivity index (χ2n) is 4.63. The number of hydrogen-bond acceptors (Lipinski definition) is 3. The molecular weight excluding hydrogens is 307 g/mol. The first kappa shape index (κ1) is 14.5. The van der Waals surface area contributed by atoms with E-state index in [1.165, 1.54) is 12.1 Å². The second-order valence-corrected chi connectivity index (χ2v) is 5.04. The minimum absolute atomic E-state index is 0.00365. The van der Waals surface area contributed by atoms with Gasteiger partial charge in [0.2, 0.25) is 0 Å². The number of H-pyrrole nitrogens is 1. The Morgan fingerprint density at radius 2 is 2.09 bits per heavy atom. The fourth-order valence-electron chi connectivity index (χ4n) is 2.20. The summed E-state index contributed by atoms with van der Waals surface area (Å²) in [6.07, 6.45) is 0. The molecule has 1 aromatic heterocycles. The Morgan fingerprint density at radius 3 is 2.82 bits per heavy atom. The van der Waals surface area contributed by atoms with Gasteiger partial charge in [-0.3, -0.25) is 4.79 Å². The average molecular weight is 319 g/mol. The van der Waals surface area contributed by atoms with Crippen LogP contribution in [0.4, 0.5) is 4.39 Å². The van der Waals surface area contributed by atoms with Crippen molar-refractivity contribution in [2.75, 3.05) is 6.61 Å². The van der Waals surface area contributed by atoms with Gasteiger partial charge in [0.25, 0.3) is 5.56 Å². The Labute approximate surface area is 130 Å². The molecule has 22 heavy (non-hydrogen) atoms. The average Bonchev–Trinajstić information content (AvgIpc) is 2.50. The first-order valence-corrected chi connectivity index (χ1v) is 7.09. The van der Waals surface area contributed by atoms with Crippen molar-refractivity contribution < 1.29 is 9.13 Å². The van der Waals surface area contributed by atoms with Crippen LogP contribution in [0.25, 0.3) is 22.3 Å². The molecule has 0 saturated heterocycles. The highest BCUT2D eigenvalue weighted by Crippen LogP contribution is 2.32. The van der Waals surface area contributed by atoms with Crippen LogP contribution >= 0.6 is 11.6 Å². The lowest BCUT2D eigenvalue weighted by Gasteiger charge is -2.09. The molecule has 1 N–H and O–H groups in total. The van der Waals surface area contributed by atoms with Gasteiger partial charge in [0.05, 0.1) is 22.5 Å². The van der Waals surface area contributed by atoms with Crippen molar-refractivity contribution >= 4 is 22.5 Å². The highest BCUT2D eigenvalue weighted by molar-refractivity contribution is 6.32. The molecule has 112 valence electrons. The summed E-state index contributed by atoms with van der Waals surface area (Å²) in [4.78, 5) is 19.0. The molecule has 3 rings (SSSR count). The maximum Gasteiger partial charge on any atom is 0.259 e. The summed E-state index contributed by atoms with van der Waals surface area (Å²) in [5.74, 6) is -0.344. The first-order chi connectivity index (χ1) is 10.6. The molecule has 6 heteroatoms. The predicted molar refractivity (Wildman–Crippen MR) is 83.9 cm³/mol. The highest BCUT2D eigenvalue weighted by Gasteiger charge is 2.14. The van der Waals surface area contributed by atoms with Gasteiger partial charge in [-0.2, -0.15) is 0 Å². The number of rotatable bonds is 3. The van der Waals surface area contributed by atoms with Crippen LogP contribution in [0, 0.1) is 5.82 Å². The lowest BCUT2D eigenvalue weighted by molar-refractivity contribution is 0.322. The standard InChI is InChI=1S/C16H12ClFN2O2/c1-2-22-14-11(17)7-9(8-12(14)18)15-19-13-6-4-3-5-10(13)16(21)20-15/h3-8H,2H2,1H3,(H,19,20,21). The van der Waals surface area contributed by atoms with Crippen LogP contribution in [0.5, 0.6) is 5.75 Å². The fraction of sp³-hybridized carbons (Fsp3) is 0.125. The third-order valence-electron chi connectivity index (χ3n) is 3.17. The molecule has 4 nitrogen and oxygen atoms in total. The Balaban J connectivity index is 2.17. The quantitative estimate of drug-likeness (QED) is 0.799. The van der Waals surface area contributed by atoms with E-state index in [2.05, 4.69) is 9.97 Å². The summed E-state index contributed by atoms with van der Waals surface area (Å²) < 4.78 is 19.2. The van der Waals surface area contributed by atoms with E-state index in [0.717, 1.165) is 0 Å². The van der Waals surface area contributed by atoms with Gasteiger partial charge in [0, 0.05) is 5.56 Å². The van der Waals surface area contributed by atoms with Crippen molar-refractivity contribution in [3.8, 4) is 17.1 Å². The lowest BCUT2D eigenvalue weighted by Crippen LogP contribution is -2.09. The van der Waals surface area contributed by atoms with Crippen molar-refractivity contribution in [2.45, 2.75) is 6.92 Å². The molecule has 0 bridgehead atoms. The molecule has 0 fully saturated rings. The third kappa shape index (κ3) is 2.55. The van der Waals surface area contributed by atoms with E-state index in [0.29, 0.717) is 23.1 Å². The van der Waals surface area contributed by atoms with Crippen molar-refractivity contribution in [1.29, 1.82) is 0 Å². The Bertz CT molecular complexity index is 885. The maximum atomic E-state index is 14.1. The zero-order valence-electron chi connectivity index (χ0n) is 11.7. The molecule has 0 aliphatic rings. The molecule has 1 heterocycles. The van der Waals surface area contributed by atoms with Gasteiger partial charge in [-0.25, -0.2) is 9.37 Å². The molecule has 0 aliphatic carbocycles. The molecule has 0 atom stereocenters. The SMILES string of the molecule is CCOc1c(F)cc(-c2nc3ccccc3c(=O)[nH]2)cc1Cl. The number of fused-ring (bicyclic) bond motifs is 1. The zero-order chi connectivity index (χ0) is 15.7. The zero-order valence-corrected chi connectivity index (χ0v) is 12.4. The van der Waals surface area contributed by atoms with Crippen LogP contribution in [-0.4, -0.2) is 16.6 Å². The number of hydrogen-bond donors (Lipinski definition) is 1. The van der Waals surface area contributed by atoms with Crippen molar-refractivity contribution in [3.05, 3.63) is 57.6 Å². The van der Waals surface area contributed by atoms with E-state index >= 15 is 0 Å². The first-order valence-electron chi connectivity index (χ1n) is 6.71. The molecule has 0 radical (unpaired) electrons. The van der Waals surface area contributed by atoms with Crippen LogP contribution in [0.1, 0.15) is 6.92 Å². The van der Waals surface area contributed by atoms with E-state index in [9.17, 15) is 9.18 Å². The topological polar surface area (TPSA) is 55.0 Å². The summed E-state index contributed by atoms with van der Waals surface area (Å²) in [5, 5.41) is 0.608. The summed E-state index contributed by atoms with van der Waals surface area (Å²) in [5.41, 5.74) is 0.631. The van der Waals surface area contributed by atoms with Gasteiger partial charge in [-0.05, 0) is 31.2 Å². The minimum Gasteiger partial charge on any atom is -0.489 e. The Morgan fingerprint density at radius 1 is 1.32 bits per heavy atom. The molecule has 0 saturated carbocycles. The van der Waals surface area contributed by atoms with E-state index in [4.69, 9.17) is 16.3 Å². The van der Waals surface area contributed by atoms with Crippen LogP contribution in [0.15, 0.2) is 41.2 Å². The molecule has 2 aromatic carbocycles. The number of para-hydroxylation sites is 1. The van der Waals surface area contributed by atoms with E-state index in [-0.39, 0.29) is 22.2 Å². The number of ether oxygens (including phenoxy) is 1.